The fourth-order valence-electron chi connectivity index (χ4n) is 3.99. The molecule has 0 radical (unpaired) electrons. The topological polar surface area (TPSA) is 27.7 Å². The SMILES string of the molecule is C#CC1(O[Si](C)(C)C)C(C)=CC2(OCCO2)C2CC21C. The molecule has 0 aromatic carbocycles. The summed E-state index contributed by atoms with van der Waals surface area (Å²) in [5, 5.41) is 0. The van der Waals surface area contributed by atoms with Crippen molar-refractivity contribution in [2.24, 2.45) is 11.3 Å². The normalized spacial score (nSPS) is 42.0. The number of hydrogen-bond donors (Lipinski definition) is 0. The van der Waals surface area contributed by atoms with Crippen LogP contribution in [0.2, 0.25) is 19.6 Å². The van der Waals surface area contributed by atoms with E-state index >= 15 is 0 Å². The molecule has 1 aliphatic heterocycles. The molecule has 0 N–H and O–H groups in total. The van der Waals surface area contributed by atoms with E-state index in [1.807, 2.05) is 0 Å². The first-order chi connectivity index (χ1) is 9.19. The van der Waals surface area contributed by atoms with Gasteiger partial charge in [-0.1, -0.05) is 12.8 Å². The van der Waals surface area contributed by atoms with Gasteiger partial charge in [0.1, 0.15) is 5.60 Å². The van der Waals surface area contributed by atoms with Crippen LogP contribution in [0.3, 0.4) is 0 Å². The van der Waals surface area contributed by atoms with E-state index in [0.29, 0.717) is 19.1 Å². The molecule has 2 fully saturated rings. The van der Waals surface area contributed by atoms with Gasteiger partial charge in [-0.05, 0) is 44.6 Å². The van der Waals surface area contributed by atoms with E-state index in [4.69, 9.17) is 20.3 Å². The van der Waals surface area contributed by atoms with Gasteiger partial charge in [0.25, 0.3) is 0 Å². The van der Waals surface area contributed by atoms with Gasteiger partial charge in [0, 0.05) is 11.3 Å². The molecule has 0 bridgehead atoms. The lowest BCUT2D eigenvalue weighted by molar-refractivity contribution is -0.154. The van der Waals surface area contributed by atoms with Gasteiger partial charge in [-0.15, -0.1) is 6.42 Å². The van der Waals surface area contributed by atoms with E-state index < -0.39 is 19.7 Å². The Morgan fingerprint density at radius 3 is 2.45 bits per heavy atom. The van der Waals surface area contributed by atoms with Crippen molar-refractivity contribution < 1.29 is 13.9 Å². The molecule has 4 heteroatoms. The van der Waals surface area contributed by atoms with E-state index in [2.05, 4.69) is 45.5 Å². The molecule has 20 heavy (non-hydrogen) atoms. The second kappa shape index (κ2) is 3.98. The van der Waals surface area contributed by atoms with Crippen LogP contribution in [0.15, 0.2) is 11.6 Å². The molecule has 3 aliphatic rings. The van der Waals surface area contributed by atoms with Crippen molar-refractivity contribution in [2.45, 2.75) is 51.3 Å². The highest BCUT2D eigenvalue weighted by atomic mass is 28.4. The third-order valence-electron chi connectivity index (χ3n) is 4.90. The molecule has 0 aromatic rings. The Balaban J connectivity index is 2.07. The number of fused-ring (bicyclic) bond motifs is 2. The molecular weight excluding hydrogens is 268 g/mol. The summed E-state index contributed by atoms with van der Waals surface area (Å²) in [4.78, 5) is 0. The maximum atomic E-state index is 6.51. The molecule has 1 spiro atoms. The Morgan fingerprint density at radius 1 is 1.35 bits per heavy atom. The quantitative estimate of drug-likeness (QED) is 0.445. The van der Waals surface area contributed by atoms with Gasteiger partial charge < -0.3 is 13.9 Å². The largest absolute Gasteiger partial charge is 0.398 e. The fourth-order valence-corrected chi connectivity index (χ4v) is 5.36. The Bertz CT molecular complexity index is 507. The smallest absolute Gasteiger partial charge is 0.191 e. The molecule has 3 nitrogen and oxygen atoms in total. The average molecular weight is 292 g/mol. The zero-order valence-corrected chi connectivity index (χ0v) is 14.1. The van der Waals surface area contributed by atoms with Crippen molar-refractivity contribution in [3.05, 3.63) is 11.6 Å². The predicted octanol–water partition coefficient (Wildman–Crippen LogP) is 2.94. The van der Waals surface area contributed by atoms with Gasteiger partial charge >= 0.3 is 0 Å². The van der Waals surface area contributed by atoms with Crippen LogP contribution in [0.1, 0.15) is 20.3 Å². The maximum absolute atomic E-state index is 6.51. The summed E-state index contributed by atoms with van der Waals surface area (Å²) in [5.41, 5.74) is 0.397. The van der Waals surface area contributed by atoms with Crippen LogP contribution >= 0.6 is 0 Å². The van der Waals surface area contributed by atoms with Crippen molar-refractivity contribution in [2.75, 3.05) is 13.2 Å². The summed E-state index contributed by atoms with van der Waals surface area (Å²) < 4.78 is 18.4. The predicted molar refractivity (Wildman–Crippen MR) is 80.6 cm³/mol. The number of rotatable bonds is 2. The molecule has 3 rings (SSSR count). The lowest BCUT2D eigenvalue weighted by atomic mass is 9.73. The summed E-state index contributed by atoms with van der Waals surface area (Å²) in [7, 11) is -1.76. The van der Waals surface area contributed by atoms with E-state index in [9.17, 15) is 0 Å². The minimum atomic E-state index is -1.76. The maximum Gasteiger partial charge on any atom is 0.191 e. The van der Waals surface area contributed by atoms with Gasteiger partial charge in [-0.2, -0.15) is 0 Å². The van der Waals surface area contributed by atoms with Crippen LogP contribution in [0, 0.1) is 23.7 Å². The second-order valence-corrected chi connectivity index (χ2v) is 11.9. The molecule has 1 heterocycles. The van der Waals surface area contributed by atoms with Gasteiger partial charge in [0.2, 0.25) is 0 Å². The Hall–Kier alpha value is -0.603. The molecule has 2 aliphatic carbocycles. The minimum absolute atomic E-state index is 0.0782. The zero-order chi connectivity index (χ0) is 14.8. The Labute approximate surface area is 122 Å². The molecular formula is C16H24O3Si. The van der Waals surface area contributed by atoms with Gasteiger partial charge in [0.15, 0.2) is 14.1 Å². The lowest BCUT2D eigenvalue weighted by Crippen LogP contribution is -2.54. The van der Waals surface area contributed by atoms with Crippen LogP contribution in [0.25, 0.3) is 0 Å². The first-order valence-corrected chi connectivity index (χ1v) is 10.8. The van der Waals surface area contributed by atoms with E-state index in [-0.39, 0.29) is 5.41 Å². The van der Waals surface area contributed by atoms with E-state index in [1.54, 1.807) is 0 Å². The number of ether oxygens (including phenoxy) is 2. The van der Waals surface area contributed by atoms with Crippen molar-refractivity contribution in [1.29, 1.82) is 0 Å². The van der Waals surface area contributed by atoms with Gasteiger partial charge in [-0.3, -0.25) is 0 Å². The molecule has 1 saturated heterocycles. The standard InChI is InChI=1S/C16H24O3Si/c1-7-15(19-20(4,5)6)12(2)10-16(17-8-9-18-16)13-11-14(13,15)3/h1,10,13H,8-9,11H2,2-6H3. The minimum Gasteiger partial charge on any atom is -0.398 e. The first kappa shape index (κ1) is 14.3. The molecule has 0 aromatic heterocycles. The lowest BCUT2D eigenvalue weighted by Gasteiger charge is -2.46. The van der Waals surface area contributed by atoms with Crippen molar-refractivity contribution >= 4 is 8.32 Å². The average Bonchev–Trinajstić information content (AvgIpc) is 2.84. The zero-order valence-electron chi connectivity index (χ0n) is 13.1. The number of terminal acetylenes is 1. The highest BCUT2D eigenvalue weighted by Gasteiger charge is 2.75. The molecule has 1 saturated carbocycles. The van der Waals surface area contributed by atoms with Crippen LogP contribution in [-0.2, 0) is 13.9 Å². The second-order valence-electron chi connectivity index (χ2n) is 7.46. The summed E-state index contributed by atoms with van der Waals surface area (Å²) >= 11 is 0. The summed E-state index contributed by atoms with van der Waals surface area (Å²) in [6, 6.07) is 0. The first-order valence-electron chi connectivity index (χ1n) is 7.35. The van der Waals surface area contributed by atoms with E-state index in [0.717, 1.165) is 12.0 Å². The molecule has 0 amide bonds. The summed E-state index contributed by atoms with van der Waals surface area (Å²) in [6.07, 6.45) is 9.03. The highest BCUT2D eigenvalue weighted by Crippen LogP contribution is 2.71. The monoisotopic (exact) mass is 292 g/mol. The van der Waals surface area contributed by atoms with Gasteiger partial charge in [-0.25, -0.2) is 0 Å². The van der Waals surface area contributed by atoms with Crippen LogP contribution < -0.4 is 0 Å². The fraction of sp³-hybridized carbons (Fsp3) is 0.750. The van der Waals surface area contributed by atoms with Gasteiger partial charge in [0.05, 0.1) is 13.2 Å². The molecule has 3 atom stereocenters. The van der Waals surface area contributed by atoms with Crippen LogP contribution in [0.4, 0.5) is 0 Å². The van der Waals surface area contributed by atoms with E-state index in [1.165, 1.54) is 0 Å². The van der Waals surface area contributed by atoms with Crippen molar-refractivity contribution in [3.8, 4) is 12.3 Å². The van der Waals surface area contributed by atoms with Crippen molar-refractivity contribution in [3.63, 3.8) is 0 Å². The molecule has 110 valence electrons. The summed E-state index contributed by atoms with van der Waals surface area (Å²) in [6.45, 7) is 12.2. The highest BCUT2D eigenvalue weighted by molar-refractivity contribution is 6.69. The third-order valence-corrected chi connectivity index (χ3v) is 5.82. The Morgan fingerprint density at radius 2 is 1.95 bits per heavy atom. The molecule has 3 unspecified atom stereocenters. The number of hydrogen-bond acceptors (Lipinski definition) is 3. The third kappa shape index (κ3) is 1.70. The Kier molecular flexibility index (Phi) is 2.85. The van der Waals surface area contributed by atoms with Crippen LogP contribution in [0.5, 0.6) is 0 Å². The van der Waals surface area contributed by atoms with Crippen molar-refractivity contribution in [1.82, 2.24) is 0 Å². The van der Waals surface area contributed by atoms with Crippen LogP contribution in [-0.4, -0.2) is 32.9 Å². The summed E-state index contributed by atoms with van der Waals surface area (Å²) in [5.74, 6) is 2.74.